The van der Waals surface area contributed by atoms with Crippen LogP contribution in [0.5, 0.6) is 5.75 Å². The van der Waals surface area contributed by atoms with Gasteiger partial charge in [0.05, 0.1) is 11.6 Å². The van der Waals surface area contributed by atoms with Crippen molar-refractivity contribution in [3.63, 3.8) is 0 Å². The lowest BCUT2D eigenvalue weighted by Gasteiger charge is -2.17. The normalized spacial score (nSPS) is 10.4. The van der Waals surface area contributed by atoms with Crippen LogP contribution in [0.15, 0.2) is 72.8 Å². The largest absolute Gasteiger partial charge is 0.426 e. The van der Waals surface area contributed by atoms with Gasteiger partial charge < -0.3 is 14.3 Å². The van der Waals surface area contributed by atoms with Crippen LogP contribution < -0.4 is 4.52 Å². The van der Waals surface area contributed by atoms with Gasteiger partial charge in [-0.05, 0) is 23.3 Å². The van der Waals surface area contributed by atoms with Crippen LogP contribution in [-0.2, 0) is 0 Å². The third-order valence-corrected chi connectivity index (χ3v) is 3.95. The molecule has 118 valence electrons. The molecule has 3 rings (SSSR count). The van der Waals surface area contributed by atoms with Crippen molar-refractivity contribution in [2.45, 2.75) is 0 Å². The molecule has 5 heteroatoms. The van der Waals surface area contributed by atoms with Gasteiger partial charge in [0.15, 0.2) is 0 Å². The van der Waals surface area contributed by atoms with Gasteiger partial charge in [-0.15, -0.1) is 0 Å². The Hall–Kier alpha value is -2.70. The molecule has 0 saturated carbocycles. The predicted octanol–water partition coefficient (Wildman–Crippen LogP) is 4.48. The van der Waals surface area contributed by atoms with Gasteiger partial charge in [-0.3, -0.25) is 0 Å². The van der Waals surface area contributed by atoms with Crippen molar-refractivity contribution < 1.29 is 14.3 Å². The highest BCUT2D eigenvalue weighted by Gasteiger charge is 2.19. The molecular weight excluding hydrogens is 321 g/mol. The summed E-state index contributed by atoms with van der Waals surface area (Å²) in [5.74, 6) is 0.329. The molecule has 2 N–H and O–H groups in total. The second kappa shape index (κ2) is 7.25. The van der Waals surface area contributed by atoms with Gasteiger partial charge in [-0.1, -0.05) is 60.7 Å². The number of rotatable bonds is 4. The third kappa shape index (κ3) is 3.29. The molecule has 0 atom stereocenters. The van der Waals surface area contributed by atoms with Gasteiger partial charge in [0, 0.05) is 11.1 Å². The van der Waals surface area contributed by atoms with Crippen LogP contribution in [0.25, 0.3) is 22.3 Å². The molecule has 0 aliphatic rings. The average molecular weight is 335 g/mol. The second-order valence-corrected chi connectivity index (χ2v) is 5.74. The van der Waals surface area contributed by atoms with Crippen LogP contribution >= 0.6 is 8.60 Å². The van der Waals surface area contributed by atoms with Crippen molar-refractivity contribution >= 4 is 8.60 Å². The molecule has 0 aliphatic heterocycles. The monoisotopic (exact) mass is 335 g/mol. The zero-order valence-corrected chi connectivity index (χ0v) is 13.5. The van der Waals surface area contributed by atoms with E-state index in [1.807, 2.05) is 60.7 Å². The molecule has 0 radical (unpaired) electrons. The van der Waals surface area contributed by atoms with E-state index in [4.69, 9.17) is 4.52 Å². The molecule has 24 heavy (non-hydrogen) atoms. The average Bonchev–Trinajstić information content (AvgIpc) is 2.62. The van der Waals surface area contributed by atoms with Gasteiger partial charge in [0.1, 0.15) is 5.75 Å². The zero-order valence-electron chi connectivity index (χ0n) is 12.6. The topological polar surface area (TPSA) is 73.5 Å². The minimum absolute atomic E-state index is 0.329. The standard InChI is InChI=1S/C19H14NO3P/c20-13-16-11-12-17(23-24(21)22)19(15-9-5-2-6-10-15)18(16)14-7-3-1-4-8-14/h1-12,21-22H. The lowest BCUT2D eigenvalue weighted by Crippen LogP contribution is -1.95. The molecule has 0 unspecified atom stereocenters. The first-order valence-corrected chi connectivity index (χ1v) is 8.41. The molecule has 0 spiro atoms. The number of nitrogens with zero attached hydrogens (tertiary/aromatic N) is 1. The third-order valence-electron chi connectivity index (χ3n) is 3.59. The van der Waals surface area contributed by atoms with E-state index in [2.05, 4.69) is 6.07 Å². The Morgan fingerprint density at radius 2 is 1.29 bits per heavy atom. The number of hydrogen-bond acceptors (Lipinski definition) is 4. The fourth-order valence-corrected chi connectivity index (χ4v) is 2.96. The summed E-state index contributed by atoms with van der Waals surface area (Å²) in [6.07, 6.45) is 0. The van der Waals surface area contributed by atoms with Crippen molar-refractivity contribution in [3.8, 4) is 34.1 Å². The molecule has 4 nitrogen and oxygen atoms in total. The van der Waals surface area contributed by atoms with Crippen LogP contribution in [0.1, 0.15) is 5.56 Å². The highest BCUT2D eigenvalue weighted by molar-refractivity contribution is 7.39. The highest BCUT2D eigenvalue weighted by atomic mass is 31.2. The summed E-state index contributed by atoms with van der Waals surface area (Å²) in [5, 5.41) is 9.54. The molecule has 0 aliphatic carbocycles. The van der Waals surface area contributed by atoms with Gasteiger partial charge in [-0.25, -0.2) is 0 Å². The summed E-state index contributed by atoms with van der Waals surface area (Å²) in [5.41, 5.74) is 3.56. The smallest absolute Gasteiger partial charge is 0.391 e. The van der Waals surface area contributed by atoms with E-state index < -0.39 is 8.60 Å². The van der Waals surface area contributed by atoms with Crippen molar-refractivity contribution in [1.29, 1.82) is 5.26 Å². The fraction of sp³-hybridized carbons (Fsp3) is 0. The van der Waals surface area contributed by atoms with E-state index in [9.17, 15) is 15.0 Å². The fourth-order valence-electron chi connectivity index (χ4n) is 2.64. The Morgan fingerprint density at radius 1 is 0.750 bits per heavy atom. The molecule has 0 saturated heterocycles. The lowest BCUT2D eigenvalue weighted by molar-refractivity contribution is 0.375. The van der Waals surface area contributed by atoms with E-state index in [1.165, 1.54) is 0 Å². The van der Waals surface area contributed by atoms with E-state index in [-0.39, 0.29) is 0 Å². The van der Waals surface area contributed by atoms with E-state index >= 15 is 0 Å². The van der Waals surface area contributed by atoms with Crippen molar-refractivity contribution in [2.24, 2.45) is 0 Å². The van der Waals surface area contributed by atoms with Crippen molar-refractivity contribution in [1.82, 2.24) is 0 Å². The predicted molar refractivity (Wildman–Crippen MR) is 94.0 cm³/mol. The summed E-state index contributed by atoms with van der Waals surface area (Å²) in [7, 11) is -2.56. The summed E-state index contributed by atoms with van der Waals surface area (Å²) in [4.78, 5) is 18.6. The molecule has 0 aromatic heterocycles. The molecule has 0 fully saturated rings. The molecule has 3 aromatic carbocycles. The van der Waals surface area contributed by atoms with Gasteiger partial charge in [0.2, 0.25) is 0 Å². The molecule has 0 heterocycles. The SMILES string of the molecule is N#Cc1ccc(OP(O)O)c(-c2ccccc2)c1-c1ccccc1. The quantitative estimate of drug-likeness (QED) is 0.689. The minimum atomic E-state index is -2.56. The summed E-state index contributed by atoms with van der Waals surface area (Å²) in [6, 6.07) is 24.4. The van der Waals surface area contributed by atoms with Crippen LogP contribution in [0.3, 0.4) is 0 Å². The van der Waals surface area contributed by atoms with Crippen LogP contribution in [0.2, 0.25) is 0 Å². The molecule has 3 aromatic rings. The first kappa shape index (κ1) is 16.2. The number of hydrogen-bond donors (Lipinski definition) is 2. The number of nitriles is 1. The maximum Gasteiger partial charge on any atom is 0.391 e. The zero-order chi connectivity index (χ0) is 16.9. The van der Waals surface area contributed by atoms with Gasteiger partial charge >= 0.3 is 8.60 Å². The van der Waals surface area contributed by atoms with Gasteiger partial charge in [-0.2, -0.15) is 5.26 Å². The molecule has 0 bridgehead atoms. The lowest BCUT2D eigenvalue weighted by atomic mass is 9.90. The molecule has 0 amide bonds. The maximum atomic E-state index is 9.54. The Morgan fingerprint density at radius 3 is 1.79 bits per heavy atom. The maximum absolute atomic E-state index is 9.54. The van der Waals surface area contributed by atoms with Crippen LogP contribution in [0.4, 0.5) is 0 Å². The Kier molecular flexibility index (Phi) is 4.88. The van der Waals surface area contributed by atoms with E-state index in [0.29, 0.717) is 22.4 Å². The first-order valence-electron chi connectivity index (χ1n) is 7.24. The highest BCUT2D eigenvalue weighted by Crippen LogP contribution is 2.44. The summed E-state index contributed by atoms with van der Waals surface area (Å²) in [6.45, 7) is 0. The Balaban J connectivity index is 2.34. The summed E-state index contributed by atoms with van der Waals surface area (Å²) >= 11 is 0. The Labute approximate surface area is 141 Å². The Bertz CT molecular complexity index is 874. The van der Waals surface area contributed by atoms with Crippen LogP contribution in [-0.4, -0.2) is 9.79 Å². The van der Waals surface area contributed by atoms with Crippen molar-refractivity contribution in [2.75, 3.05) is 0 Å². The summed E-state index contributed by atoms with van der Waals surface area (Å²) < 4.78 is 5.23. The van der Waals surface area contributed by atoms with E-state index in [0.717, 1.165) is 11.1 Å². The second-order valence-electron chi connectivity index (χ2n) is 5.05. The minimum Gasteiger partial charge on any atom is -0.426 e. The first-order chi connectivity index (χ1) is 11.7. The van der Waals surface area contributed by atoms with Crippen LogP contribution in [0, 0.1) is 11.3 Å². The molecular formula is C19H14NO3P. The van der Waals surface area contributed by atoms with Crippen molar-refractivity contribution in [3.05, 3.63) is 78.4 Å². The van der Waals surface area contributed by atoms with E-state index in [1.54, 1.807) is 12.1 Å². The number of benzene rings is 3. The van der Waals surface area contributed by atoms with Gasteiger partial charge in [0.25, 0.3) is 0 Å².